The SMILES string of the molecule is Cc1[nH]n(-c2ccc(F)cc2)c(=O)c1C(=O)OCc1ccccc1. The Morgan fingerprint density at radius 3 is 2.46 bits per heavy atom. The van der Waals surface area contributed by atoms with Gasteiger partial charge in [0.15, 0.2) is 0 Å². The molecule has 1 N–H and O–H groups in total. The molecule has 0 atom stereocenters. The van der Waals surface area contributed by atoms with Crippen molar-refractivity contribution < 1.29 is 13.9 Å². The lowest BCUT2D eigenvalue weighted by atomic mass is 10.2. The predicted molar refractivity (Wildman–Crippen MR) is 86.6 cm³/mol. The Bertz CT molecular complexity index is 912. The summed E-state index contributed by atoms with van der Waals surface area (Å²) in [5, 5.41) is 2.81. The minimum Gasteiger partial charge on any atom is -0.457 e. The molecule has 0 aliphatic carbocycles. The van der Waals surface area contributed by atoms with Gasteiger partial charge in [-0.25, -0.2) is 13.9 Å². The van der Waals surface area contributed by atoms with Crippen LogP contribution in [0.1, 0.15) is 21.6 Å². The van der Waals surface area contributed by atoms with Crippen LogP contribution >= 0.6 is 0 Å². The number of nitrogens with zero attached hydrogens (tertiary/aromatic N) is 1. The van der Waals surface area contributed by atoms with Gasteiger partial charge in [-0.05, 0) is 36.8 Å². The maximum atomic E-state index is 13.0. The molecule has 0 spiro atoms. The molecule has 3 rings (SSSR count). The molecule has 3 aromatic rings. The maximum absolute atomic E-state index is 13.0. The summed E-state index contributed by atoms with van der Waals surface area (Å²) in [6, 6.07) is 14.6. The fourth-order valence-electron chi connectivity index (χ4n) is 2.35. The van der Waals surface area contributed by atoms with Crippen LogP contribution in [0.5, 0.6) is 0 Å². The number of hydrogen-bond donors (Lipinski definition) is 1. The highest BCUT2D eigenvalue weighted by molar-refractivity contribution is 5.90. The van der Waals surface area contributed by atoms with Crippen molar-refractivity contribution in [3.05, 3.63) is 87.6 Å². The molecule has 1 heterocycles. The Hall–Kier alpha value is -3.15. The first kappa shape index (κ1) is 15.7. The average Bonchev–Trinajstić information content (AvgIpc) is 2.89. The first-order chi connectivity index (χ1) is 11.6. The minimum atomic E-state index is -0.696. The van der Waals surface area contributed by atoms with Crippen LogP contribution in [0.4, 0.5) is 4.39 Å². The molecule has 2 aromatic carbocycles. The summed E-state index contributed by atoms with van der Waals surface area (Å²) in [7, 11) is 0. The molecular formula is C18H15FN2O3. The van der Waals surface area contributed by atoms with Gasteiger partial charge in [0.05, 0.1) is 5.69 Å². The van der Waals surface area contributed by atoms with Gasteiger partial charge in [0.1, 0.15) is 18.0 Å². The lowest BCUT2D eigenvalue weighted by Crippen LogP contribution is -2.21. The molecule has 5 nitrogen and oxygen atoms in total. The number of H-pyrrole nitrogens is 1. The molecule has 24 heavy (non-hydrogen) atoms. The molecule has 122 valence electrons. The number of esters is 1. The smallest absolute Gasteiger partial charge is 0.346 e. The summed E-state index contributed by atoms with van der Waals surface area (Å²) in [6.07, 6.45) is 0. The first-order valence-corrected chi connectivity index (χ1v) is 7.35. The third kappa shape index (κ3) is 3.12. The highest BCUT2D eigenvalue weighted by Gasteiger charge is 2.21. The van der Waals surface area contributed by atoms with Crippen molar-refractivity contribution in [2.24, 2.45) is 0 Å². The molecule has 0 unspecified atom stereocenters. The lowest BCUT2D eigenvalue weighted by Gasteiger charge is -2.03. The van der Waals surface area contributed by atoms with Gasteiger partial charge in [-0.2, -0.15) is 0 Å². The van der Waals surface area contributed by atoms with Crippen LogP contribution in [-0.4, -0.2) is 15.7 Å². The van der Waals surface area contributed by atoms with Crippen molar-refractivity contribution in [3.8, 4) is 5.69 Å². The third-order valence-electron chi connectivity index (χ3n) is 3.57. The molecule has 0 radical (unpaired) electrons. The molecule has 1 aromatic heterocycles. The van der Waals surface area contributed by atoms with E-state index in [9.17, 15) is 14.0 Å². The second-order valence-electron chi connectivity index (χ2n) is 5.29. The van der Waals surface area contributed by atoms with Crippen LogP contribution in [0, 0.1) is 12.7 Å². The number of ether oxygens (including phenoxy) is 1. The highest BCUT2D eigenvalue weighted by Crippen LogP contribution is 2.10. The van der Waals surface area contributed by atoms with Gasteiger partial charge in [-0.15, -0.1) is 0 Å². The number of benzene rings is 2. The van der Waals surface area contributed by atoms with Crippen LogP contribution in [0.25, 0.3) is 5.69 Å². The molecule has 0 amide bonds. The van der Waals surface area contributed by atoms with E-state index in [-0.39, 0.29) is 12.2 Å². The molecule has 0 aliphatic heterocycles. The van der Waals surface area contributed by atoms with E-state index in [1.807, 2.05) is 30.3 Å². The Kier molecular flexibility index (Phi) is 4.29. The summed E-state index contributed by atoms with van der Waals surface area (Å²) in [4.78, 5) is 24.7. The second kappa shape index (κ2) is 6.54. The van der Waals surface area contributed by atoms with E-state index >= 15 is 0 Å². The van der Waals surface area contributed by atoms with Crippen molar-refractivity contribution in [1.29, 1.82) is 0 Å². The highest BCUT2D eigenvalue weighted by atomic mass is 19.1. The van der Waals surface area contributed by atoms with Gasteiger partial charge in [0.2, 0.25) is 0 Å². The minimum absolute atomic E-state index is 0.0599. The fourth-order valence-corrected chi connectivity index (χ4v) is 2.35. The average molecular weight is 326 g/mol. The lowest BCUT2D eigenvalue weighted by molar-refractivity contribution is 0.0470. The van der Waals surface area contributed by atoms with Crippen LogP contribution in [0.3, 0.4) is 0 Å². The number of carbonyl (C=O) groups is 1. The Morgan fingerprint density at radius 2 is 1.79 bits per heavy atom. The zero-order chi connectivity index (χ0) is 17.1. The van der Waals surface area contributed by atoms with Crippen LogP contribution in [0.15, 0.2) is 59.4 Å². The summed E-state index contributed by atoms with van der Waals surface area (Å²) >= 11 is 0. The fraction of sp³-hybridized carbons (Fsp3) is 0.111. The van der Waals surface area contributed by atoms with Crippen LogP contribution < -0.4 is 5.56 Å². The zero-order valence-corrected chi connectivity index (χ0v) is 13.0. The monoisotopic (exact) mass is 326 g/mol. The molecule has 0 aliphatic rings. The van der Waals surface area contributed by atoms with E-state index in [2.05, 4.69) is 5.10 Å². The van der Waals surface area contributed by atoms with E-state index in [1.54, 1.807) is 6.92 Å². The molecular weight excluding hydrogens is 311 g/mol. The third-order valence-corrected chi connectivity index (χ3v) is 3.57. The number of hydrogen-bond acceptors (Lipinski definition) is 3. The number of aryl methyl sites for hydroxylation is 1. The van der Waals surface area contributed by atoms with Gasteiger partial charge in [0, 0.05) is 5.69 Å². The largest absolute Gasteiger partial charge is 0.457 e. The quantitative estimate of drug-likeness (QED) is 0.750. The first-order valence-electron chi connectivity index (χ1n) is 7.35. The molecule has 6 heteroatoms. The number of aromatic nitrogens is 2. The van der Waals surface area contributed by atoms with Gasteiger partial charge in [-0.3, -0.25) is 9.89 Å². The van der Waals surface area contributed by atoms with E-state index in [4.69, 9.17) is 4.74 Å². The summed E-state index contributed by atoms with van der Waals surface area (Å²) in [5.74, 6) is -1.10. The van der Waals surface area contributed by atoms with E-state index in [0.717, 1.165) is 5.56 Å². The molecule has 0 fully saturated rings. The van der Waals surface area contributed by atoms with Crippen molar-refractivity contribution in [2.75, 3.05) is 0 Å². The van der Waals surface area contributed by atoms with E-state index in [0.29, 0.717) is 11.4 Å². The summed E-state index contributed by atoms with van der Waals surface area (Å²) < 4.78 is 19.4. The van der Waals surface area contributed by atoms with Crippen molar-refractivity contribution >= 4 is 5.97 Å². The van der Waals surface area contributed by atoms with Gasteiger partial charge in [-0.1, -0.05) is 30.3 Å². The van der Waals surface area contributed by atoms with Crippen LogP contribution in [-0.2, 0) is 11.3 Å². The predicted octanol–water partition coefficient (Wildman–Crippen LogP) is 2.97. The van der Waals surface area contributed by atoms with E-state index in [1.165, 1.54) is 28.9 Å². The number of rotatable bonds is 4. The zero-order valence-electron chi connectivity index (χ0n) is 13.0. The van der Waals surface area contributed by atoms with Crippen LogP contribution in [0.2, 0.25) is 0 Å². The van der Waals surface area contributed by atoms with Gasteiger partial charge >= 0.3 is 5.97 Å². The number of nitrogens with one attached hydrogen (secondary N) is 1. The maximum Gasteiger partial charge on any atom is 0.346 e. The van der Waals surface area contributed by atoms with Crippen molar-refractivity contribution in [2.45, 2.75) is 13.5 Å². The normalized spacial score (nSPS) is 10.6. The topological polar surface area (TPSA) is 64.1 Å². The van der Waals surface area contributed by atoms with Gasteiger partial charge < -0.3 is 4.74 Å². The summed E-state index contributed by atoms with van der Waals surface area (Å²) in [5.41, 5.74) is 1.07. The molecule has 0 bridgehead atoms. The van der Waals surface area contributed by atoms with Crippen molar-refractivity contribution in [1.82, 2.24) is 9.78 Å². The Morgan fingerprint density at radius 1 is 1.12 bits per heavy atom. The summed E-state index contributed by atoms with van der Waals surface area (Å²) in [6.45, 7) is 1.70. The van der Waals surface area contributed by atoms with Crippen molar-refractivity contribution in [3.63, 3.8) is 0 Å². The molecule has 0 saturated carbocycles. The second-order valence-corrected chi connectivity index (χ2v) is 5.29. The number of carbonyl (C=O) groups excluding carboxylic acids is 1. The van der Waals surface area contributed by atoms with Gasteiger partial charge in [0.25, 0.3) is 5.56 Å². The standard InChI is InChI=1S/C18H15FN2O3/c1-12-16(18(23)24-11-13-5-3-2-4-6-13)17(22)21(20-12)15-9-7-14(19)8-10-15/h2-10,20H,11H2,1H3. The number of halogens is 1. The van der Waals surface area contributed by atoms with E-state index < -0.39 is 17.3 Å². The molecule has 0 saturated heterocycles. The number of aromatic amines is 1. The Labute approximate surface area is 137 Å². The Balaban J connectivity index is 1.85.